The van der Waals surface area contributed by atoms with E-state index in [0.717, 1.165) is 10.7 Å². The van der Waals surface area contributed by atoms with Crippen LogP contribution >= 0.6 is 0 Å². The van der Waals surface area contributed by atoms with Gasteiger partial charge in [-0.25, -0.2) is 13.9 Å². The van der Waals surface area contributed by atoms with Crippen LogP contribution in [0.3, 0.4) is 0 Å². The first-order valence-electron chi connectivity index (χ1n) is 19.7. The molecule has 1 fully saturated rings. The molecular weight excluding hydrogens is 764 g/mol. The molecule has 0 bridgehead atoms. The highest BCUT2D eigenvalue weighted by molar-refractivity contribution is 6.76. The third-order valence-electron chi connectivity index (χ3n) is 10.4. The van der Waals surface area contributed by atoms with Crippen molar-refractivity contribution in [3.63, 3.8) is 0 Å². The van der Waals surface area contributed by atoms with Crippen molar-refractivity contribution in [2.45, 2.75) is 104 Å². The van der Waals surface area contributed by atoms with Crippen LogP contribution in [0.1, 0.15) is 47.1 Å². The maximum atomic E-state index is 15.7. The molecule has 13 nitrogen and oxygen atoms in total. The fourth-order valence-corrected chi connectivity index (χ4v) is 7.86. The van der Waals surface area contributed by atoms with E-state index in [1.54, 1.807) is 33.8 Å². The molecule has 5 rings (SSSR count). The number of anilines is 1. The Bertz CT molecular complexity index is 2090. The molecule has 16 heteroatoms. The van der Waals surface area contributed by atoms with Gasteiger partial charge < -0.3 is 33.5 Å². The molecule has 0 saturated carbocycles. The SMILES string of the molecule is CC(C)(C)OC(=O)N1CCN(c2ccc(-c3nn(COCC[Si](C)(C)C)c4cc(=O)n(-c5c(F)cccc5COCCO[Si](C)(C)C(C)(C)C)nc34)cc2O)CC1. The molecule has 3 heterocycles. The predicted molar refractivity (Wildman–Crippen MR) is 227 cm³/mol. The lowest BCUT2D eigenvalue weighted by Crippen LogP contribution is -2.50. The van der Waals surface area contributed by atoms with Crippen LogP contribution in [0.4, 0.5) is 14.9 Å². The standard InChI is InChI=1S/C41H61FN6O7Si2/c1-40(2,3)55-39(51)46-19-17-45(18-20-46)32-16-15-29(25-34(32)49)36-37-33(47(43-36)28-53-23-24-56(7,8)9)26-35(50)48(44-37)38-30(13-12-14-31(38)42)27-52-21-22-54-57(10,11)41(4,5)6/h12-16,25-26,49H,17-24,27-28H2,1-11H3. The number of hydrogen-bond acceptors (Lipinski definition) is 10. The van der Waals surface area contributed by atoms with E-state index < -0.39 is 33.4 Å². The number of amides is 1. The van der Waals surface area contributed by atoms with Crippen LogP contribution in [0.15, 0.2) is 47.3 Å². The average molecular weight is 825 g/mol. The summed E-state index contributed by atoms with van der Waals surface area (Å²) in [5.41, 5.74) is 1.60. The molecule has 2 aromatic carbocycles. The second-order valence-corrected chi connectivity index (χ2v) is 28.8. The maximum absolute atomic E-state index is 15.7. The summed E-state index contributed by atoms with van der Waals surface area (Å²) in [7, 11) is -3.33. The van der Waals surface area contributed by atoms with Crippen LogP contribution in [-0.4, -0.2) is 104 Å². The van der Waals surface area contributed by atoms with Gasteiger partial charge in [-0.05, 0) is 63.1 Å². The number of ether oxygens (including phenoxy) is 3. The van der Waals surface area contributed by atoms with Gasteiger partial charge in [0.1, 0.15) is 40.8 Å². The van der Waals surface area contributed by atoms with Gasteiger partial charge in [0.15, 0.2) is 8.32 Å². The first kappa shape index (κ1) is 44.0. The smallest absolute Gasteiger partial charge is 0.410 e. The summed E-state index contributed by atoms with van der Waals surface area (Å²) >= 11 is 0. The average Bonchev–Trinajstić information content (AvgIpc) is 3.45. The monoisotopic (exact) mass is 824 g/mol. The van der Waals surface area contributed by atoms with Crippen molar-refractivity contribution in [2.75, 3.05) is 50.9 Å². The number of carbonyl (C=O) groups excluding carboxylic acids is 1. The lowest BCUT2D eigenvalue weighted by Gasteiger charge is -2.37. The Hall–Kier alpha value is -4.10. The number of rotatable bonds is 14. The van der Waals surface area contributed by atoms with Gasteiger partial charge in [-0.15, -0.1) is 0 Å². The Kier molecular flexibility index (Phi) is 13.4. The van der Waals surface area contributed by atoms with Gasteiger partial charge in [0, 0.05) is 58.1 Å². The van der Waals surface area contributed by atoms with Crippen LogP contribution in [0, 0.1) is 5.82 Å². The van der Waals surface area contributed by atoms with Crippen molar-refractivity contribution in [3.8, 4) is 22.7 Å². The highest BCUT2D eigenvalue weighted by atomic mass is 28.4. The van der Waals surface area contributed by atoms with Gasteiger partial charge in [0.25, 0.3) is 5.56 Å². The van der Waals surface area contributed by atoms with E-state index in [0.29, 0.717) is 79.5 Å². The summed E-state index contributed by atoms with van der Waals surface area (Å²) in [5, 5.41) is 21.0. The van der Waals surface area contributed by atoms with Gasteiger partial charge in [-0.1, -0.05) is 58.6 Å². The highest BCUT2D eigenvalue weighted by Gasteiger charge is 2.37. The number of piperazine rings is 1. The number of para-hydroxylation sites is 1. The summed E-state index contributed by atoms with van der Waals surface area (Å²) in [4.78, 5) is 30.1. The normalized spacial score (nSPS) is 14.5. The van der Waals surface area contributed by atoms with Crippen LogP contribution in [0.5, 0.6) is 5.75 Å². The summed E-state index contributed by atoms with van der Waals surface area (Å²) in [6, 6.07) is 12.2. The van der Waals surface area contributed by atoms with Gasteiger partial charge in [0.05, 0.1) is 31.0 Å². The fraction of sp³-hybridized carbons (Fsp3) is 0.561. The topological polar surface area (TPSA) is 133 Å². The van der Waals surface area contributed by atoms with Crippen molar-refractivity contribution in [2.24, 2.45) is 0 Å². The van der Waals surface area contributed by atoms with Crippen LogP contribution in [-0.2, 0) is 32.0 Å². The zero-order chi connectivity index (χ0) is 41.9. The number of benzene rings is 2. The molecule has 1 aliphatic rings. The Morgan fingerprint density at radius 2 is 1.60 bits per heavy atom. The molecule has 1 amide bonds. The van der Waals surface area contributed by atoms with Crippen LogP contribution in [0.25, 0.3) is 28.0 Å². The molecule has 2 aromatic heterocycles. The molecule has 0 atom stereocenters. The molecule has 1 aliphatic heterocycles. The van der Waals surface area contributed by atoms with Gasteiger partial charge in [0.2, 0.25) is 0 Å². The summed E-state index contributed by atoms with van der Waals surface area (Å²) in [6.07, 6.45) is -0.360. The number of phenolic OH excluding ortho intramolecular Hbond substituents is 1. The van der Waals surface area contributed by atoms with E-state index in [-0.39, 0.29) is 35.9 Å². The van der Waals surface area contributed by atoms with Crippen molar-refractivity contribution in [3.05, 3.63) is 64.2 Å². The fourth-order valence-electron chi connectivity index (χ4n) is 6.08. The van der Waals surface area contributed by atoms with Gasteiger partial charge >= 0.3 is 6.09 Å². The molecule has 1 saturated heterocycles. The molecule has 0 radical (unpaired) electrons. The maximum Gasteiger partial charge on any atom is 0.410 e. The second-order valence-electron chi connectivity index (χ2n) is 18.4. The largest absolute Gasteiger partial charge is 0.506 e. The van der Waals surface area contributed by atoms with Crippen LogP contribution < -0.4 is 10.5 Å². The summed E-state index contributed by atoms with van der Waals surface area (Å²) < 4.78 is 42.2. The van der Waals surface area contributed by atoms with Crippen molar-refractivity contribution in [1.82, 2.24) is 24.5 Å². The van der Waals surface area contributed by atoms with Gasteiger partial charge in [-0.2, -0.15) is 14.9 Å². The van der Waals surface area contributed by atoms with Gasteiger partial charge in [-0.3, -0.25) is 4.79 Å². The molecule has 0 unspecified atom stereocenters. The minimum Gasteiger partial charge on any atom is -0.506 e. The Morgan fingerprint density at radius 1 is 0.895 bits per heavy atom. The number of aromatic nitrogens is 4. The van der Waals surface area contributed by atoms with E-state index in [1.807, 2.05) is 31.7 Å². The third kappa shape index (κ3) is 11.1. The summed E-state index contributed by atoms with van der Waals surface area (Å²) in [5.74, 6) is -0.605. The minimum atomic E-state index is -1.97. The Morgan fingerprint density at radius 3 is 2.23 bits per heavy atom. The van der Waals surface area contributed by atoms with E-state index >= 15 is 4.39 Å². The molecule has 0 aliphatic carbocycles. The first-order chi connectivity index (χ1) is 26.5. The second kappa shape index (κ2) is 17.4. The molecule has 4 aromatic rings. The molecule has 1 N–H and O–H groups in total. The lowest BCUT2D eigenvalue weighted by molar-refractivity contribution is 0.0240. The number of aromatic hydroxyl groups is 1. The zero-order valence-electron chi connectivity index (χ0n) is 35.6. The highest BCUT2D eigenvalue weighted by Crippen LogP contribution is 2.37. The minimum absolute atomic E-state index is 0.0106. The van der Waals surface area contributed by atoms with E-state index in [9.17, 15) is 14.7 Å². The number of nitrogens with zero attached hydrogens (tertiary/aromatic N) is 6. The number of halogens is 1. The third-order valence-corrected chi connectivity index (χ3v) is 16.6. The van der Waals surface area contributed by atoms with E-state index in [4.69, 9.17) is 28.8 Å². The Labute approximate surface area is 337 Å². The molecule has 312 valence electrons. The lowest BCUT2D eigenvalue weighted by atomic mass is 10.1. The van der Waals surface area contributed by atoms with Crippen molar-refractivity contribution < 1.29 is 32.9 Å². The molecular formula is C41H61FN6O7Si2. The van der Waals surface area contributed by atoms with Crippen LogP contribution in [0.2, 0.25) is 43.8 Å². The number of phenols is 1. The number of fused-ring (bicyclic) bond motifs is 1. The molecule has 0 spiro atoms. The van der Waals surface area contributed by atoms with Crippen molar-refractivity contribution >= 4 is 39.2 Å². The van der Waals surface area contributed by atoms with E-state index in [1.165, 1.54) is 12.1 Å². The first-order valence-corrected chi connectivity index (χ1v) is 26.3. The zero-order valence-corrected chi connectivity index (χ0v) is 37.6. The summed E-state index contributed by atoms with van der Waals surface area (Å²) in [6.45, 7) is 26.5. The van der Waals surface area contributed by atoms with E-state index in [2.05, 4.69) is 53.5 Å². The number of carbonyl (C=O) groups is 1. The molecule has 57 heavy (non-hydrogen) atoms. The van der Waals surface area contributed by atoms with Crippen molar-refractivity contribution in [1.29, 1.82) is 0 Å². The predicted octanol–water partition coefficient (Wildman–Crippen LogP) is 8.00. The Balaban J connectivity index is 1.45. The quantitative estimate of drug-likeness (QED) is 0.0986. The number of hydrogen-bond donors (Lipinski definition) is 1.